The second kappa shape index (κ2) is 5.40. The molecule has 0 bridgehead atoms. The Balaban J connectivity index is 2.18. The average Bonchev–Trinajstić information content (AvgIpc) is 2.85. The minimum Gasteiger partial charge on any atom is -0.338 e. The lowest BCUT2D eigenvalue weighted by Gasteiger charge is -2.06. The van der Waals surface area contributed by atoms with Gasteiger partial charge in [-0.15, -0.1) is 0 Å². The molecule has 1 aromatic carbocycles. The van der Waals surface area contributed by atoms with Gasteiger partial charge in [0.15, 0.2) is 5.16 Å². The number of aromatic amines is 1. The average molecular weight is 249 g/mol. The highest BCUT2D eigenvalue weighted by Crippen LogP contribution is 2.17. The highest BCUT2D eigenvalue weighted by atomic mass is 32.2. The molecule has 0 fully saturated rings. The van der Waals surface area contributed by atoms with Crippen molar-refractivity contribution in [1.82, 2.24) is 9.97 Å². The molecule has 1 amide bonds. The van der Waals surface area contributed by atoms with Crippen molar-refractivity contribution in [2.24, 2.45) is 0 Å². The van der Waals surface area contributed by atoms with Crippen LogP contribution in [0.1, 0.15) is 5.56 Å². The summed E-state index contributed by atoms with van der Waals surface area (Å²) < 4.78 is 11.9. The van der Waals surface area contributed by atoms with Gasteiger partial charge in [0, 0.05) is 18.1 Å². The molecule has 2 aromatic rings. The summed E-state index contributed by atoms with van der Waals surface area (Å²) in [6.45, 7) is 0. The van der Waals surface area contributed by atoms with Crippen LogP contribution in [-0.4, -0.2) is 20.6 Å². The van der Waals surface area contributed by atoms with E-state index in [1.54, 1.807) is 18.5 Å². The van der Waals surface area contributed by atoms with Crippen molar-refractivity contribution in [3.8, 4) is 0 Å². The number of amides is 1. The molecule has 0 saturated heterocycles. The first-order chi connectivity index (χ1) is 8.31. The number of carbonyl (C=O) groups excluding carboxylic acids is 1. The number of rotatable bonds is 5. The van der Waals surface area contributed by atoms with Crippen molar-refractivity contribution >= 4 is 22.9 Å². The van der Waals surface area contributed by atoms with Gasteiger partial charge < -0.3 is 10.3 Å². The third-order valence-electron chi connectivity index (χ3n) is 2.21. The highest BCUT2D eigenvalue weighted by molar-refractivity contribution is 7.84. The van der Waals surface area contributed by atoms with Crippen molar-refractivity contribution in [1.29, 1.82) is 0 Å². The molecular weight excluding hydrogens is 238 g/mol. The molecule has 5 nitrogen and oxygen atoms in total. The van der Waals surface area contributed by atoms with Gasteiger partial charge in [-0.05, 0) is 11.6 Å². The number of nitrogens with zero attached hydrogens (tertiary/aromatic N) is 1. The van der Waals surface area contributed by atoms with Gasteiger partial charge in [-0.1, -0.05) is 18.2 Å². The van der Waals surface area contributed by atoms with Crippen LogP contribution in [0.4, 0.5) is 5.69 Å². The summed E-state index contributed by atoms with van der Waals surface area (Å²) in [5.74, 6) is 0.310. The second-order valence-corrected chi connectivity index (χ2v) is 4.67. The number of benzene rings is 1. The topological polar surface area (TPSA) is 74.8 Å². The summed E-state index contributed by atoms with van der Waals surface area (Å²) in [7, 11) is -1.24. The Hall–Kier alpha value is -1.95. The number of anilines is 1. The quantitative estimate of drug-likeness (QED) is 0.784. The number of hydrogen-bond donors (Lipinski definition) is 2. The van der Waals surface area contributed by atoms with Gasteiger partial charge in [-0.25, -0.2) is 4.98 Å². The molecule has 0 aliphatic heterocycles. The van der Waals surface area contributed by atoms with Crippen LogP contribution in [0, 0.1) is 0 Å². The van der Waals surface area contributed by atoms with Gasteiger partial charge in [0.2, 0.25) is 6.41 Å². The minimum atomic E-state index is -1.24. The maximum absolute atomic E-state index is 11.9. The Morgan fingerprint density at radius 1 is 1.41 bits per heavy atom. The minimum absolute atomic E-state index is 0.310. The Kier molecular flexibility index (Phi) is 3.66. The zero-order valence-corrected chi connectivity index (χ0v) is 9.74. The molecule has 1 aromatic heterocycles. The van der Waals surface area contributed by atoms with E-state index in [-0.39, 0.29) is 0 Å². The Bertz CT molecular complexity index is 525. The number of aromatic nitrogens is 2. The van der Waals surface area contributed by atoms with Gasteiger partial charge in [0.1, 0.15) is 0 Å². The van der Waals surface area contributed by atoms with Gasteiger partial charge in [0.05, 0.1) is 16.6 Å². The monoisotopic (exact) mass is 249 g/mol. The smallest absolute Gasteiger partial charge is 0.211 e. The summed E-state index contributed by atoms with van der Waals surface area (Å²) in [4.78, 5) is 17.2. The van der Waals surface area contributed by atoms with Crippen LogP contribution in [0.25, 0.3) is 0 Å². The number of carbonyl (C=O) groups is 1. The van der Waals surface area contributed by atoms with Crippen LogP contribution in [0.3, 0.4) is 0 Å². The summed E-state index contributed by atoms with van der Waals surface area (Å²) in [6, 6.07) is 7.24. The molecule has 88 valence electrons. The summed E-state index contributed by atoms with van der Waals surface area (Å²) in [6.07, 6.45) is 3.79. The van der Waals surface area contributed by atoms with Gasteiger partial charge >= 0.3 is 0 Å². The first-order valence-corrected chi connectivity index (χ1v) is 6.29. The third kappa shape index (κ3) is 2.79. The number of H-pyrrole nitrogens is 1. The van der Waals surface area contributed by atoms with Gasteiger partial charge in [-0.3, -0.25) is 9.00 Å². The fraction of sp³-hybridized carbons (Fsp3) is 0.0909. The molecule has 1 atom stereocenters. The zero-order chi connectivity index (χ0) is 12.1. The molecule has 0 aliphatic rings. The first-order valence-electron chi connectivity index (χ1n) is 4.97. The molecule has 0 saturated carbocycles. The largest absolute Gasteiger partial charge is 0.338 e. The van der Waals surface area contributed by atoms with Crippen LogP contribution in [-0.2, 0) is 21.3 Å². The Morgan fingerprint density at radius 3 is 2.94 bits per heavy atom. The molecule has 0 aliphatic carbocycles. The van der Waals surface area contributed by atoms with Crippen molar-refractivity contribution in [3.63, 3.8) is 0 Å². The molecular formula is C11H11N3O2S. The number of hydrogen-bond acceptors (Lipinski definition) is 3. The second-order valence-electron chi connectivity index (χ2n) is 3.30. The molecule has 6 heteroatoms. The Labute approximate surface area is 101 Å². The number of imidazole rings is 1. The maximum atomic E-state index is 11.9. The SMILES string of the molecule is O=CNc1ccccc1CS(=O)c1ncc[nH]1. The van der Waals surface area contributed by atoms with E-state index in [0.29, 0.717) is 23.0 Å². The lowest BCUT2D eigenvalue weighted by molar-refractivity contribution is -0.105. The maximum Gasteiger partial charge on any atom is 0.211 e. The van der Waals surface area contributed by atoms with Crippen LogP contribution in [0.5, 0.6) is 0 Å². The predicted octanol–water partition coefficient (Wildman–Crippen LogP) is 1.29. The van der Waals surface area contributed by atoms with E-state index >= 15 is 0 Å². The van der Waals surface area contributed by atoms with Crippen molar-refractivity contribution in [2.75, 3.05) is 5.32 Å². The standard InChI is InChI=1S/C11H11N3O2S/c15-8-14-10-4-2-1-3-9(10)7-17(16)11-12-5-6-13-11/h1-6,8H,7H2,(H,12,13)(H,14,15). The molecule has 2 N–H and O–H groups in total. The molecule has 17 heavy (non-hydrogen) atoms. The summed E-state index contributed by atoms with van der Waals surface area (Å²) in [5, 5.41) is 3.02. The highest BCUT2D eigenvalue weighted by Gasteiger charge is 2.09. The molecule has 1 heterocycles. The Morgan fingerprint density at radius 2 is 2.24 bits per heavy atom. The van der Waals surface area contributed by atoms with E-state index < -0.39 is 10.8 Å². The van der Waals surface area contributed by atoms with E-state index in [1.165, 1.54) is 0 Å². The summed E-state index contributed by atoms with van der Waals surface area (Å²) >= 11 is 0. The van der Waals surface area contributed by atoms with Crippen LogP contribution in [0.2, 0.25) is 0 Å². The number of nitrogens with one attached hydrogen (secondary N) is 2. The van der Waals surface area contributed by atoms with E-state index in [2.05, 4.69) is 15.3 Å². The lowest BCUT2D eigenvalue weighted by atomic mass is 10.2. The fourth-order valence-corrected chi connectivity index (χ4v) is 2.48. The molecule has 0 radical (unpaired) electrons. The van der Waals surface area contributed by atoms with Crippen molar-refractivity contribution in [2.45, 2.75) is 10.9 Å². The number of para-hydroxylation sites is 1. The van der Waals surface area contributed by atoms with E-state index in [4.69, 9.17) is 0 Å². The van der Waals surface area contributed by atoms with Crippen molar-refractivity contribution in [3.05, 3.63) is 42.2 Å². The van der Waals surface area contributed by atoms with Crippen molar-refractivity contribution < 1.29 is 9.00 Å². The lowest BCUT2D eigenvalue weighted by Crippen LogP contribution is -2.03. The molecule has 2 rings (SSSR count). The van der Waals surface area contributed by atoms with E-state index in [1.807, 2.05) is 18.2 Å². The fourth-order valence-electron chi connectivity index (χ4n) is 1.44. The third-order valence-corrected chi connectivity index (χ3v) is 3.43. The van der Waals surface area contributed by atoms with Crippen LogP contribution >= 0.6 is 0 Å². The van der Waals surface area contributed by atoms with Crippen LogP contribution in [0.15, 0.2) is 41.8 Å². The van der Waals surface area contributed by atoms with Gasteiger partial charge in [0.25, 0.3) is 0 Å². The normalized spacial score (nSPS) is 12.0. The van der Waals surface area contributed by atoms with Crippen LogP contribution < -0.4 is 5.32 Å². The molecule has 0 spiro atoms. The van der Waals surface area contributed by atoms with E-state index in [9.17, 15) is 9.00 Å². The summed E-state index contributed by atoms with van der Waals surface area (Å²) in [5.41, 5.74) is 1.48. The first kappa shape index (κ1) is 11.5. The van der Waals surface area contributed by atoms with Gasteiger partial charge in [-0.2, -0.15) is 0 Å². The zero-order valence-electron chi connectivity index (χ0n) is 8.92. The predicted molar refractivity (Wildman–Crippen MR) is 64.8 cm³/mol. The molecule has 1 unspecified atom stereocenters. The van der Waals surface area contributed by atoms with E-state index in [0.717, 1.165) is 5.56 Å².